The van der Waals surface area contributed by atoms with Crippen molar-refractivity contribution in [2.45, 2.75) is 34.1 Å². The molecule has 0 bridgehead atoms. The molecule has 0 amide bonds. The van der Waals surface area contributed by atoms with Gasteiger partial charge in [-0.2, -0.15) is 0 Å². The zero-order valence-corrected chi connectivity index (χ0v) is 11.2. The van der Waals surface area contributed by atoms with Crippen LogP contribution in [0.2, 0.25) is 0 Å². The van der Waals surface area contributed by atoms with Crippen molar-refractivity contribution in [3.05, 3.63) is 34.4 Å². The molecule has 2 heteroatoms. The van der Waals surface area contributed by atoms with Crippen LogP contribution in [0.3, 0.4) is 0 Å². The number of hydrogen-bond donors (Lipinski definition) is 1. The molecule has 0 aliphatic carbocycles. The molecule has 0 spiro atoms. The molecule has 1 fully saturated rings. The molecule has 1 N–H and O–H groups in total. The van der Waals surface area contributed by atoms with Gasteiger partial charge in [-0.1, -0.05) is 13.0 Å². The Bertz CT molecular complexity index is 456. The van der Waals surface area contributed by atoms with Crippen LogP contribution in [-0.2, 0) is 0 Å². The summed E-state index contributed by atoms with van der Waals surface area (Å²) in [6, 6.07) is 4.17. The number of carbonyl (C=O) groups is 1. The summed E-state index contributed by atoms with van der Waals surface area (Å²) in [4.78, 5) is 12.6. The summed E-state index contributed by atoms with van der Waals surface area (Å²) < 4.78 is 0. The topological polar surface area (TPSA) is 29.1 Å². The van der Waals surface area contributed by atoms with Gasteiger partial charge in [-0.15, -0.1) is 0 Å². The van der Waals surface area contributed by atoms with Crippen LogP contribution in [0.25, 0.3) is 0 Å². The lowest BCUT2D eigenvalue weighted by Crippen LogP contribution is -2.30. The number of ketones is 1. The summed E-state index contributed by atoms with van der Waals surface area (Å²) in [5.74, 6) is 0.295. The third-order valence-electron chi connectivity index (χ3n) is 4.00. The normalized spacial score (nSPS) is 24.0. The molecular formula is C15H21NO. The highest BCUT2D eigenvalue weighted by Gasteiger charge is 2.37. The zero-order chi connectivity index (χ0) is 12.6. The summed E-state index contributed by atoms with van der Waals surface area (Å²) in [6.07, 6.45) is 0.943. The minimum atomic E-state index is -0.216. The maximum atomic E-state index is 12.6. The molecule has 1 aliphatic rings. The molecule has 17 heavy (non-hydrogen) atoms. The summed E-state index contributed by atoms with van der Waals surface area (Å²) in [7, 11) is 0. The molecule has 2 rings (SSSR count). The van der Waals surface area contributed by atoms with Crippen LogP contribution in [0.5, 0.6) is 0 Å². The van der Waals surface area contributed by atoms with Gasteiger partial charge in [0.15, 0.2) is 5.78 Å². The van der Waals surface area contributed by atoms with E-state index in [1.807, 2.05) is 6.92 Å². The number of aryl methyl sites for hydroxylation is 3. The average molecular weight is 231 g/mol. The predicted molar refractivity (Wildman–Crippen MR) is 70.6 cm³/mol. The quantitative estimate of drug-likeness (QED) is 0.793. The van der Waals surface area contributed by atoms with Crippen molar-refractivity contribution >= 4 is 5.78 Å². The van der Waals surface area contributed by atoms with E-state index < -0.39 is 0 Å². The molecule has 0 radical (unpaired) electrons. The van der Waals surface area contributed by atoms with Crippen molar-refractivity contribution in [3.63, 3.8) is 0 Å². The monoisotopic (exact) mass is 231 g/mol. The number of carbonyl (C=O) groups excluding carboxylic acids is 1. The van der Waals surface area contributed by atoms with Gasteiger partial charge < -0.3 is 5.32 Å². The highest BCUT2D eigenvalue weighted by molar-refractivity contribution is 6.02. The molecule has 1 unspecified atom stereocenters. The van der Waals surface area contributed by atoms with Gasteiger partial charge in [0.05, 0.1) is 0 Å². The van der Waals surface area contributed by atoms with Gasteiger partial charge in [-0.25, -0.2) is 0 Å². The summed E-state index contributed by atoms with van der Waals surface area (Å²) >= 11 is 0. The smallest absolute Gasteiger partial charge is 0.170 e. The summed E-state index contributed by atoms with van der Waals surface area (Å²) in [5.41, 5.74) is 4.25. The molecule has 0 aromatic heterocycles. The molecule has 1 aromatic rings. The fourth-order valence-electron chi connectivity index (χ4n) is 2.54. The summed E-state index contributed by atoms with van der Waals surface area (Å²) in [6.45, 7) is 10.0. The number of rotatable bonds is 2. The van der Waals surface area contributed by atoms with Gasteiger partial charge in [0, 0.05) is 17.5 Å². The van der Waals surface area contributed by atoms with Crippen LogP contribution in [-0.4, -0.2) is 18.9 Å². The fraction of sp³-hybridized carbons (Fsp3) is 0.533. The number of hydrogen-bond acceptors (Lipinski definition) is 2. The van der Waals surface area contributed by atoms with Crippen LogP contribution in [0.4, 0.5) is 0 Å². The molecule has 1 aromatic carbocycles. The van der Waals surface area contributed by atoms with Gasteiger partial charge >= 0.3 is 0 Å². The van der Waals surface area contributed by atoms with Crippen LogP contribution >= 0.6 is 0 Å². The fourth-order valence-corrected chi connectivity index (χ4v) is 2.54. The summed E-state index contributed by atoms with van der Waals surface area (Å²) in [5, 5.41) is 3.29. The van der Waals surface area contributed by atoms with Gasteiger partial charge in [0.25, 0.3) is 0 Å². The van der Waals surface area contributed by atoms with Gasteiger partial charge in [0.2, 0.25) is 0 Å². The standard InChI is InChI=1S/C15H21NO/c1-10-7-12(3)13(8-11(10)2)14(17)15(4)5-6-16-9-15/h7-8,16H,5-6,9H2,1-4H3. The molecule has 1 atom stereocenters. The Morgan fingerprint density at radius 3 is 2.41 bits per heavy atom. The first-order chi connectivity index (χ1) is 7.94. The average Bonchev–Trinajstić information content (AvgIpc) is 2.71. The Morgan fingerprint density at radius 2 is 1.82 bits per heavy atom. The lowest BCUT2D eigenvalue weighted by atomic mass is 9.80. The molecular weight excluding hydrogens is 210 g/mol. The highest BCUT2D eigenvalue weighted by Crippen LogP contribution is 2.31. The second-order valence-electron chi connectivity index (χ2n) is 5.57. The Labute approximate surface area is 103 Å². The van der Waals surface area contributed by atoms with Gasteiger partial charge in [-0.3, -0.25) is 4.79 Å². The van der Waals surface area contributed by atoms with Crippen molar-refractivity contribution in [2.75, 3.05) is 13.1 Å². The lowest BCUT2D eigenvalue weighted by Gasteiger charge is -2.22. The van der Waals surface area contributed by atoms with Crippen LogP contribution in [0.15, 0.2) is 12.1 Å². The molecule has 1 heterocycles. The third-order valence-corrected chi connectivity index (χ3v) is 4.00. The Hall–Kier alpha value is -1.15. The molecule has 1 saturated heterocycles. The Morgan fingerprint density at radius 1 is 1.18 bits per heavy atom. The van der Waals surface area contributed by atoms with Crippen LogP contribution < -0.4 is 5.32 Å². The predicted octanol–water partition coefficient (Wildman–Crippen LogP) is 2.79. The first-order valence-electron chi connectivity index (χ1n) is 6.27. The molecule has 0 saturated carbocycles. The lowest BCUT2D eigenvalue weighted by molar-refractivity contribution is 0.0838. The molecule has 2 nitrogen and oxygen atoms in total. The first-order valence-corrected chi connectivity index (χ1v) is 6.27. The van der Waals surface area contributed by atoms with Crippen molar-refractivity contribution in [1.29, 1.82) is 0 Å². The van der Waals surface area contributed by atoms with Gasteiger partial charge in [0.1, 0.15) is 0 Å². The van der Waals surface area contributed by atoms with Crippen molar-refractivity contribution < 1.29 is 4.79 Å². The van der Waals surface area contributed by atoms with Crippen LogP contribution in [0, 0.1) is 26.2 Å². The largest absolute Gasteiger partial charge is 0.316 e. The van der Waals surface area contributed by atoms with Crippen molar-refractivity contribution in [1.82, 2.24) is 5.32 Å². The minimum Gasteiger partial charge on any atom is -0.316 e. The van der Waals surface area contributed by atoms with E-state index in [1.54, 1.807) is 0 Å². The molecule has 1 aliphatic heterocycles. The van der Waals surface area contributed by atoms with E-state index in [4.69, 9.17) is 0 Å². The second kappa shape index (κ2) is 4.26. The number of nitrogens with one attached hydrogen (secondary N) is 1. The maximum absolute atomic E-state index is 12.6. The molecule has 92 valence electrons. The Kier molecular flexibility index (Phi) is 3.09. The van der Waals surface area contributed by atoms with Crippen molar-refractivity contribution in [3.8, 4) is 0 Å². The van der Waals surface area contributed by atoms with E-state index in [9.17, 15) is 4.79 Å². The van der Waals surface area contributed by atoms with E-state index in [0.29, 0.717) is 5.78 Å². The van der Waals surface area contributed by atoms with E-state index in [2.05, 4.69) is 38.2 Å². The second-order valence-corrected chi connectivity index (χ2v) is 5.57. The third kappa shape index (κ3) is 2.14. The maximum Gasteiger partial charge on any atom is 0.170 e. The van der Waals surface area contributed by atoms with Gasteiger partial charge in [-0.05, 0) is 56.5 Å². The highest BCUT2D eigenvalue weighted by atomic mass is 16.1. The van der Waals surface area contributed by atoms with Crippen LogP contribution in [0.1, 0.15) is 40.4 Å². The SMILES string of the molecule is Cc1cc(C)c(C(=O)C2(C)CCNC2)cc1C. The number of benzene rings is 1. The van der Waals surface area contributed by atoms with E-state index >= 15 is 0 Å². The Balaban J connectivity index is 2.40. The zero-order valence-electron chi connectivity index (χ0n) is 11.2. The van der Waals surface area contributed by atoms with E-state index in [-0.39, 0.29) is 5.41 Å². The van der Waals surface area contributed by atoms with E-state index in [1.165, 1.54) is 11.1 Å². The van der Waals surface area contributed by atoms with E-state index in [0.717, 1.165) is 30.6 Å². The first kappa shape index (κ1) is 12.3. The number of Topliss-reactive ketones (excluding diaryl/α,β-unsaturated/α-hetero) is 1. The van der Waals surface area contributed by atoms with Crippen molar-refractivity contribution in [2.24, 2.45) is 5.41 Å². The minimum absolute atomic E-state index is 0.216.